The summed E-state index contributed by atoms with van der Waals surface area (Å²) < 4.78 is 5.93. The van der Waals surface area contributed by atoms with Crippen LogP contribution < -0.4 is 10.6 Å². The predicted molar refractivity (Wildman–Crippen MR) is 133 cm³/mol. The van der Waals surface area contributed by atoms with E-state index in [0.717, 1.165) is 28.8 Å². The Bertz CT molecular complexity index is 1280. The molecule has 0 saturated carbocycles. The number of halogens is 1. The molecule has 1 heterocycles. The van der Waals surface area contributed by atoms with Crippen molar-refractivity contribution in [3.05, 3.63) is 82.9 Å². The van der Waals surface area contributed by atoms with Crippen molar-refractivity contribution in [2.45, 2.75) is 26.2 Å². The maximum Gasteiger partial charge on any atom is 0.258 e. The Hall–Kier alpha value is -3.22. The fraction of sp³-hybridized carbons (Fsp3) is 0.160. The number of rotatable bonds is 5. The van der Waals surface area contributed by atoms with E-state index in [1.165, 1.54) is 5.56 Å². The highest BCUT2D eigenvalue weighted by Crippen LogP contribution is 2.28. The lowest BCUT2D eigenvalue weighted by molar-refractivity contribution is 0.0978. The number of aromatic nitrogens is 1. The summed E-state index contributed by atoms with van der Waals surface area (Å²) in [5.74, 6) is 0.669. The molecule has 4 aromatic rings. The smallest absolute Gasteiger partial charge is 0.258 e. The second-order valence-corrected chi connectivity index (χ2v) is 8.34. The van der Waals surface area contributed by atoms with E-state index in [2.05, 4.69) is 41.6 Å². The first-order valence-corrected chi connectivity index (χ1v) is 11.1. The van der Waals surface area contributed by atoms with Crippen LogP contribution in [0.15, 0.2) is 71.1 Å². The highest BCUT2D eigenvalue weighted by Gasteiger charge is 2.13. The normalized spacial score (nSPS) is 11.8. The molecule has 162 valence electrons. The van der Waals surface area contributed by atoms with Gasteiger partial charge in [-0.25, -0.2) is 4.98 Å². The van der Waals surface area contributed by atoms with Gasteiger partial charge in [-0.3, -0.25) is 10.1 Å². The van der Waals surface area contributed by atoms with Crippen molar-refractivity contribution in [3.8, 4) is 11.5 Å². The van der Waals surface area contributed by atoms with E-state index >= 15 is 0 Å². The Labute approximate surface area is 196 Å². The van der Waals surface area contributed by atoms with E-state index in [0.29, 0.717) is 22.4 Å². The van der Waals surface area contributed by atoms with E-state index in [-0.39, 0.29) is 11.0 Å². The number of anilines is 1. The molecular weight excluding hydrogens is 442 g/mol. The highest BCUT2D eigenvalue weighted by atomic mass is 35.5. The van der Waals surface area contributed by atoms with Gasteiger partial charge >= 0.3 is 0 Å². The molecule has 32 heavy (non-hydrogen) atoms. The van der Waals surface area contributed by atoms with Gasteiger partial charge in [0.25, 0.3) is 5.91 Å². The van der Waals surface area contributed by atoms with Gasteiger partial charge in [0.05, 0.1) is 10.6 Å². The maximum atomic E-state index is 12.3. The predicted octanol–water partition coefficient (Wildman–Crippen LogP) is 6.79. The van der Waals surface area contributed by atoms with Crippen LogP contribution in [0.2, 0.25) is 5.02 Å². The zero-order chi connectivity index (χ0) is 22.7. The van der Waals surface area contributed by atoms with Crippen molar-refractivity contribution >= 4 is 51.6 Å². The number of amides is 1. The number of hydrogen-bond acceptors (Lipinski definition) is 4. The molecule has 1 amide bonds. The standard InChI is InChI=1S/C25H22ClN3O2S/c1-3-15(2)17-10-13-22-21(14-17)28-24(31-22)16-8-11-18(12-9-16)27-25(32)29-23(30)19-6-4-5-7-20(19)26/h4-15H,3H2,1-2H3,(H2,27,29,30,32). The molecule has 0 aliphatic heterocycles. The Morgan fingerprint density at radius 2 is 1.88 bits per heavy atom. The summed E-state index contributed by atoms with van der Waals surface area (Å²) in [6, 6.07) is 20.4. The Balaban J connectivity index is 1.44. The van der Waals surface area contributed by atoms with E-state index < -0.39 is 0 Å². The fourth-order valence-corrected chi connectivity index (χ4v) is 3.72. The number of oxazole rings is 1. The van der Waals surface area contributed by atoms with Crippen molar-refractivity contribution in [2.75, 3.05) is 5.32 Å². The third-order valence-electron chi connectivity index (χ3n) is 5.33. The van der Waals surface area contributed by atoms with Crippen LogP contribution >= 0.6 is 23.8 Å². The molecule has 4 rings (SSSR count). The molecule has 1 unspecified atom stereocenters. The number of hydrogen-bond donors (Lipinski definition) is 2. The number of carbonyl (C=O) groups is 1. The molecule has 2 N–H and O–H groups in total. The van der Waals surface area contributed by atoms with Crippen LogP contribution in [0, 0.1) is 0 Å². The summed E-state index contributed by atoms with van der Waals surface area (Å²) in [4.78, 5) is 17.0. The number of nitrogens with zero attached hydrogens (tertiary/aromatic N) is 1. The molecule has 0 saturated heterocycles. The van der Waals surface area contributed by atoms with Gasteiger partial charge in [-0.15, -0.1) is 0 Å². The SMILES string of the molecule is CCC(C)c1ccc2oc(-c3ccc(NC(=S)NC(=O)c4ccccc4Cl)cc3)nc2c1. The quantitative estimate of drug-likeness (QED) is 0.319. The number of nitrogens with one attached hydrogen (secondary N) is 2. The molecule has 7 heteroatoms. The monoisotopic (exact) mass is 463 g/mol. The van der Waals surface area contributed by atoms with Crippen LogP contribution in [0.1, 0.15) is 42.1 Å². The van der Waals surface area contributed by atoms with Crippen LogP contribution in [-0.2, 0) is 0 Å². The number of thiocarbonyl (C=S) groups is 1. The Morgan fingerprint density at radius 3 is 2.59 bits per heavy atom. The minimum absolute atomic E-state index is 0.183. The maximum absolute atomic E-state index is 12.3. The molecule has 0 fully saturated rings. The Morgan fingerprint density at radius 1 is 1.12 bits per heavy atom. The van der Waals surface area contributed by atoms with E-state index in [9.17, 15) is 4.79 Å². The van der Waals surface area contributed by atoms with Gasteiger partial charge < -0.3 is 9.73 Å². The third-order valence-corrected chi connectivity index (χ3v) is 5.86. The van der Waals surface area contributed by atoms with E-state index in [1.807, 2.05) is 30.3 Å². The average Bonchev–Trinajstić information content (AvgIpc) is 3.22. The van der Waals surface area contributed by atoms with E-state index in [4.69, 9.17) is 28.2 Å². The van der Waals surface area contributed by atoms with Crippen LogP contribution in [0.25, 0.3) is 22.6 Å². The molecule has 0 spiro atoms. The first-order chi connectivity index (χ1) is 15.4. The van der Waals surface area contributed by atoms with Crippen molar-refractivity contribution in [1.82, 2.24) is 10.3 Å². The van der Waals surface area contributed by atoms with Crippen LogP contribution in [0.3, 0.4) is 0 Å². The van der Waals surface area contributed by atoms with Gasteiger partial charge in [0, 0.05) is 11.3 Å². The molecular formula is C25H22ClN3O2S. The van der Waals surface area contributed by atoms with Gasteiger partial charge in [-0.2, -0.15) is 0 Å². The van der Waals surface area contributed by atoms with Crippen molar-refractivity contribution < 1.29 is 9.21 Å². The van der Waals surface area contributed by atoms with Gasteiger partial charge in [0.2, 0.25) is 5.89 Å². The second-order valence-electron chi connectivity index (χ2n) is 7.52. The van der Waals surface area contributed by atoms with Crippen LogP contribution in [-0.4, -0.2) is 16.0 Å². The molecule has 0 radical (unpaired) electrons. The lowest BCUT2D eigenvalue weighted by Gasteiger charge is -2.10. The minimum Gasteiger partial charge on any atom is -0.436 e. The second kappa shape index (κ2) is 9.51. The largest absolute Gasteiger partial charge is 0.436 e. The number of fused-ring (bicyclic) bond motifs is 1. The number of benzene rings is 3. The van der Waals surface area contributed by atoms with Crippen molar-refractivity contribution in [2.24, 2.45) is 0 Å². The summed E-state index contributed by atoms with van der Waals surface area (Å²) in [6.07, 6.45) is 1.07. The lowest BCUT2D eigenvalue weighted by Crippen LogP contribution is -2.34. The molecule has 0 aliphatic rings. The van der Waals surface area contributed by atoms with Gasteiger partial charge in [-0.05, 0) is 78.7 Å². The molecule has 0 aliphatic carbocycles. The van der Waals surface area contributed by atoms with E-state index in [1.54, 1.807) is 24.3 Å². The summed E-state index contributed by atoms with van der Waals surface area (Å²) >= 11 is 11.3. The first-order valence-electron chi connectivity index (χ1n) is 10.3. The van der Waals surface area contributed by atoms with Gasteiger partial charge in [-0.1, -0.05) is 43.6 Å². The summed E-state index contributed by atoms with van der Waals surface area (Å²) in [7, 11) is 0. The molecule has 0 bridgehead atoms. The molecule has 1 aromatic heterocycles. The van der Waals surface area contributed by atoms with Crippen LogP contribution in [0.4, 0.5) is 5.69 Å². The fourth-order valence-electron chi connectivity index (χ4n) is 3.28. The average molecular weight is 464 g/mol. The summed E-state index contributed by atoms with van der Waals surface area (Å²) in [5.41, 5.74) is 4.81. The van der Waals surface area contributed by atoms with Crippen LogP contribution in [0.5, 0.6) is 0 Å². The topological polar surface area (TPSA) is 67.2 Å². The first kappa shape index (κ1) is 22.0. The lowest BCUT2D eigenvalue weighted by atomic mass is 9.98. The summed E-state index contributed by atoms with van der Waals surface area (Å²) in [6.45, 7) is 4.38. The van der Waals surface area contributed by atoms with Crippen molar-refractivity contribution in [3.63, 3.8) is 0 Å². The third kappa shape index (κ3) is 4.82. The minimum atomic E-state index is -0.368. The summed E-state index contributed by atoms with van der Waals surface area (Å²) in [5, 5.41) is 6.18. The zero-order valence-corrected chi connectivity index (χ0v) is 19.3. The highest BCUT2D eigenvalue weighted by molar-refractivity contribution is 7.80. The molecule has 5 nitrogen and oxygen atoms in total. The number of carbonyl (C=O) groups excluding carboxylic acids is 1. The Kier molecular flexibility index (Phi) is 6.53. The van der Waals surface area contributed by atoms with Crippen molar-refractivity contribution in [1.29, 1.82) is 0 Å². The van der Waals surface area contributed by atoms with Gasteiger partial charge in [0.15, 0.2) is 10.7 Å². The molecule has 1 atom stereocenters. The van der Waals surface area contributed by atoms with Gasteiger partial charge in [0.1, 0.15) is 5.52 Å². The zero-order valence-electron chi connectivity index (χ0n) is 17.7. The molecule has 3 aromatic carbocycles.